The highest BCUT2D eigenvalue weighted by Crippen LogP contribution is 2.24. The van der Waals surface area contributed by atoms with Crippen molar-refractivity contribution in [1.82, 2.24) is 0 Å². The normalized spacial score (nSPS) is 14.1. The molecule has 0 heterocycles. The summed E-state index contributed by atoms with van der Waals surface area (Å²) in [5.41, 5.74) is 5.62. The molecule has 0 aromatic heterocycles. The van der Waals surface area contributed by atoms with Crippen LogP contribution >= 0.6 is 15.9 Å². The summed E-state index contributed by atoms with van der Waals surface area (Å²) in [4.78, 5) is 12.1. The van der Waals surface area contributed by atoms with Crippen molar-refractivity contribution in [1.29, 1.82) is 0 Å². The number of carbonyl (C=O) groups is 1. The van der Waals surface area contributed by atoms with E-state index >= 15 is 0 Å². The number of hydrogen-bond acceptors (Lipinski definition) is 2. The van der Waals surface area contributed by atoms with E-state index in [1.54, 1.807) is 0 Å². The summed E-state index contributed by atoms with van der Waals surface area (Å²) in [7, 11) is 1.45. The van der Waals surface area contributed by atoms with Crippen LogP contribution in [0.5, 0.6) is 0 Å². The van der Waals surface area contributed by atoms with Gasteiger partial charge in [0, 0.05) is 4.47 Å². The van der Waals surface area contributed by atoms with Crippen molar-refractivity contribution < 1.29 is 9.53 Å². The van der Waals surface area contributed by atoms with Crippen molar-refractivity contribution in [3.05, 3.63) is 68.7 Å². The van der Waals surface area contributed by atoms with Gasteiger partial charge in [-0.1, -0.05) is 40.2 Å². The van der Waals surface area contributed by atoms with Crippen LogP contribution < -0.4 is 0 Å². The van der Waals surface area contributed by atoms with Crippen molar-refractivity contribution in [2.45, 2.75) is 32.1 Å². The van der Waals surface area contributed by atoms with Crippen LogP contribution in [-0.2, 0) is 30.4 Å². The fourth-order valence-corrected chi connectivity index (χ4v) is 3.64. The smallest absolute Gasteiger partial charge is 0.338 e. The maximum absolute atomic E-state index is 12.1. The van der Waals surface area contributed by atoms with Gasteiger partial charge in [-0.05, 0) is 66.5 Å². The minimum atomic E-state index is -0.236. The Balaban J connectivity index is 2.01. The molecule has 22 heavy (non-hydrogen) atoms. The zero-order chi connectivity index (χ0) is 15.5. The molecule has 114 valence electrons. The van der Waals surface area contributed by atoms with Crippen LogP contribution in [0.1, 0.15) is 39.0 Å². The summed E-state index contributed by atoms with van der Waals surface area (Å²) < 4.78 is 6.12. The lowest BCUT2D eigenvalue weighted by atomic mass is 9.97. The van der Waals surface area contributed by atoms with E-state index in [0.29, 0.717) is 5.56 Å². The van der Waals surface area contributed by atoms with Gasteiger partial charge in [0.05, 0.1) is 12.7 Å². The molecule has 0 N–H and O–H groups in total. The van der Waals surface area contributed by atoms with Gasteiger partial charge in [0.25, 0.3) is 0 Å². The van der Waals surface area contributed by atoms with E-state index < -0.39 is 0 Å². The van der Waals surface area contributed by atoms with Gasteiger partial charge in [-0.15, -0.1) is 0 Å². The van der Waals surface area contributed by atoms with Crippen LogP contribution in [0, 0.1) is 0 Å². The second kappa shape index (κ2) is 6.66. The average Bonchev–Trinajstić information content (AvgIpc) is 2.57. The molecular weight excluding hydrogens is 340 g/mol. The Morgan fingerprint density at radius 3 is 2.27 bits per heavy atom. The van der Waals surface area contributed by atoms with E-state index in [4.69, 9.17) is 4.74 Å². The molecule has 6 rings (SSSR count). The summed E-state index contributed by atoms with van der Waals surface area (Å²) in [5, 5.41) is 0. The maximum Gasteiger partial charge on any atom is 0.338 e. The number of esters is 1. The van der Waals surface area contributed by atoms with Crippen LogP contribution in [0.3, 0.4) is 0 Å². The average molecular weight is 359 g/mol. The van der Waals surface area contributed by atoms with Gasteiger partial charge in [-0.3, -0.25) is 0 Å². The van der Waals surface area contributed by atoms with Gasteiger partial charge in [-0.2, -0.15) is 0 Å². The number of hydrogen-bond donors (Lipinski definition) is 0. The van der Waals surface area contributed by atoms with Crippen LogP contribution in [0.15, 0.2) is 40.9 Å². The number of aryl methyl sites for hydroxylation is 4. The van der Waals surface area contributed by atoms with Gasteiger partial charge >= 0.3 is 5.97 Å². The largest absolute Gasteiger partial charge is 0.465 e. The zero-order valence-electron chi connectivity index (χ0n) is 12.7. The summed E-state index contributed by atoms with van der Waals surface area (Å²) >= 11 is 3.68. The molecule has 2 aromatic carbocycles. The highest BCUT2D eigenvalue weighted by molar-refractivity contribution is 9.10. The SMILES string of the molecule is COC(=O)c1cc2ccc1CCc1ccc(cc1Br)CCC2. The Morgan fingerprint density at radius 2 is 1.59 bits per heavy atom. The first-order valence-corrected chi connectivity index (χ1v) is 8.44. The Hall–Kier alpha value is -1.61. The molecule has 2 nitrogen and oxygen atoms in total. The minimum absolute atomic E-state index is 0.236. The fraction of sp³-hybridized carbons (Fsp3) is 0.316. The zero-order valence-corrected chi connectivity index (χ0v) is 14.3. The maximum atomic E-state index is 12.1. The quantitative estimate of drug-likeness (QED) is 0.701. The molecule has 0 aliphatic heterocycles. The highest BCUT2D eigenvalue weighted by Gasteiger charge is 2.14. The fourth-order valence-electron chi connectivity index (χ4n) is 3.01. The van der Waals surface area contributed by atoms with Gasteiger partial charge in [0.15, 0.2) is 0 Å². The van der Waals surface area contributed by atoms with E-state index in [0.717, 1.165) is 37.7 Å². The topological polar surface area (TPSA) is 26.3 Å². The number of methoxy groups -OCH3 is 1. The second-order valence-electron chi connectivity index (χ2n) is 5.76. The van der Waals surface area contributed by atoms with Crippen molar-refractivity contribution in [3.63, 3.8) is 0 Å². The lowest BCUT2D eigenvalue weighted by Gasteiger charge is -2.10. The van der Waals surface area contributed by atoms with E-state index in [-0.39, 0.29) is 5.97 Å². The molecule has 3 heteroatoms. The van der Waals surface area contributed by atoms with Crippen LogP contribution in [-0.4, -0.2) is 13.1 Å². The summed E-state index contributed by atoms with van der Waals surface area (Å²) in [6.07, 6.45) is 4.84. The summed E-state index contributed by atoms with van der Waals surface area (Å²) in [6.45, 7) is 0. The van der Waals surface area contributed by atoms with E-state index in [1.165, 1.54) is 28.3 Å². The van der Waals surface area contributed by atoms with Crippen LogP contribution in [0.4, 0.5) is 0 Å². The number of rotatable bonds is 1. The molecule has 0 atom stereocenters. The molecule has 0 unspecified atom stereocenters. The predicted molar refractivity (Wildman–Crippen MR) is 91.4 cm³/mol. The van der Waals surface area contributed by atoms with E-state index in [2.05, 4.69) is 46.3 Å². The molecular formula is C19H19BrO2. The summed E-state index contributed by atoms with van der Waals surface area (Å²) in [6, 6.07) is 12.9. The van der Waals surface area contributed by atoms with Gasteiger partial charge < -0.3 is 4.74 Å². The molecule has 0 fully saturated rings. The highest BCUT2D eigenvalue weighted by atomic mass is 79.9. The molecule has 2 aromatic rings. The minimum Gasteiger partial charge on any atom is -0.465 e. The first kappa shape index (κ1) is 15.3. The standard InChI is InChI=1S/C19H19BrO2/c1-22-19(21)17-11-13-3-2-4-14-6-8-16(18(20)12-14)10-9-15(17)7-5-13/h5-8,11-12H,2-4,9-10H2,1H3. The molecule has 4 aliphatic carbocycles. The van der Waals surface area contributed by atoms with Crippen LogP contribution in [0.25, 0.3) is 0 Å². The molecule has 0 saturated carbocycles. The molecule has 0 amide bonds. The summed E-state index contributed by atoms with van der Waals surface area (Å²) in [5.74, 6) is -0.236. The molecule has 4 aliphatic rings. The third kappa shape index (κ3) is 3.25. The van der Waals surface area contributed by atoms with Gasteiger partial charge in [0.1, 0.15) is 0 Å². The number of halogens is 1. The molecule has 0 saturated heterocycles. The van der Waals surface area contributed by atoms with Crippen molar-refractivity contribution in [2.24, 2.45) is 0 Å². The Labute approximate surface area is 139 Å². The Kier molecular flexibility index (Phi) is 4.63. The van der Waals surface area contributed by atoms with Gasteiger partial charge in [-0.25, -0.2) is 4.79 Å². The number of ether oxygens (including phenoxy) is 1. The molecule has 0 radical (unpaired) electrons. The van der Waals surface area contributed by atoms with Crippen molar-refractivity contribution >= 4 is 21.9 Å². The number of benzene rings is 2. The Bertz CT molecular complexity index is 707. The predicted octanol–water partition coefficient (Wildman–Crippen LogP) is 4.51. The van der Waals surface area contributed by atoms with Gasteiger partial charge in [0.2, 0.25) is 0 Å². The lowest BCUT2D eigenvalue weighted by Crippen LogP contribution is -2.08. The van der Waals surface area contributed by atoms with Crippen molar-refractivity contribution in [2.75, 3.05) is 7.11 Å². The third-order valence-electron chi connectivity index (χ3n) is 4.29. The third-order valence-corrected chi connectivity index (χ3v) is 5.03. The first-order chi connectivity index (χ1) is 10.7. The molecule has 4 bridgehead atoms. The van der Waals surface area contributed by atoms with Crippen LogP contribution in [0.2, 0.25) is 0 Å². The molecule has 0 spiro atoms. The first-order valence-electron chi connectivity index (χ1n) is 7.65. The monoisotopic (exact) mass is 358 g/mol. The lowest BCUT2D eigenvalue weighted by molar-refractivity contribution is 0.0599. The van der Waals surface area contributed by atoms with E-state index in [9.17, 15) is 4.79 Å². The number of carbonyl (C=O) groups excluding carboxylic acids is 1. The van der Waals surface area contributed by atoms with Crippen molar-refractivity contribution in [3.8, 4) is 0 Å². The Morgan fingerprint density at radius 1 is 0.955 bits per heavy atom. The second-order valence-corrected chi connectivity index (χ2v) is 6.62. The van der Waals surface area contributed by atoms with E-state index in [1.807, 2.05) is 6.07 Å².